The summed E-state index contributed by atoms with van der Waals surface area (Å²) < 4.78 is 43.8. The Balaban J connectivity index is 1.35. The maximum absolute atomic E-state index is 12.9. The van der Waals surface area contributed by atoms with Gasteiger partial charge in [0, 0.05) is 19.2 Å². The first kappa shape index (κ1) is 18.1. The maximum atomic E-state index is 12.9. The summed E-state index contributed by atoms with van der Waals surface area (Å²) in [5.74, 6) is 2.28. The summed E-state index contributed by atoms with van der Waals surface area (Å²) in [6, 6.07) is 12.8. The van der Waals surface area contributed by atoms with Crippen molar-refractivity contribution < 1.29 is 22.6 Å². The van der Waals surface area contributed by atoms with Gasteiger partial charge in [0.15, 0.2) is 11.5 Å². The Morgan fingerprint density at radius 3 is 2.48 bits per heavy atom. The molecule has 0 aliphatic carbocycles. The molecule has 0 spiro atoms. The van der Waals surface area contributed by atoms with Crippen molar-refractivity contribution in [1.82, 2.24) is 4.31 Å². The number of hydrogen-bond donors (Lipinski definition) is 0. The van der Waals surface area contributed by atoms with Gasteiger partial charge in [0.1, 0.15) is 5.75 Å². The molecule has 0 atom stereocenters. The predicted molar refractivity (Wildman–Crippen MR) is 101 cm³/mol. The van der Waals surface area contributed by atoms with Crippen LogP contribution in [-0.4, -0.2) is 39.2 Å². The van der Waals surface area contributed by atoms with E-state index in [2.05, 4.69) is 0 Å². The van der Waals surface area contributed by atoms with E-state index in [-0.39, 0.29) is 11.7 Å². The first-order valence-electron chi connectivity index (χ1n) is 9.12. The fourth-order valence-electron chi connectivity index (χ4n) is 3.35. The topological polar surface area (TPSA) is 65.1 Å². The molecule has 1 saturated heterocycles. The molecule has 6 nitrogen and oxygen atoms in total. The van der Waals surface area contributed by atoms with Crippen LogP contribution in [0.4, 0.5) is 0 Å². The van der Waals surface area contributed by atoms with Gasteiger partial charge in [-0.3, -0.25) is 0 Å². The molecule has 1 fully saturated rings. The van der Waals surface area contributed by atoms with E-state index in [9.17, 15) is 8.42 Å². The van der Waals surface area contributed by atoms with Gasteiger partial charge in [0.25, 0.3) is 0 Å². The molecule has 0 unspecified atom stereocenters. The lowest BCUT2D eigenvalue weighted by atomic mass is 9.99. The predicted octanol–water partition coefficient (Wildman–Crippen LogP) is 3.20. The smallest absolute Gasteiger partial charge is 0.243 e. The van der Waals surface area contributed by atoms with Crippen molar-refractivity contribution in [2.75, 3.05) is 26.5 Å². The number of piperidine rings is 1. The molecule has 144 valence electrons. The molecule has 0 aromatic heterocycles. The third kappa shape index (κ3) is 3.89. The number of sulfonamides is 1. The van der Waals surface area contributed by atoms with Crippen LogP contribution in [0.25, 0.3) is 0 Å². The van der Waals surface area contributed by atoms with Gasteiger partial charge in [0.2, 0.25) is 16.8 Å². The van der Waals surface area contributed by atoms with Gasteiger partial charge >= 0.3 is 0 Å². The van der Waals surface area contributed by atoms with Crippen molar-refractivity contribution >= 4 is 10.0 Å². The Morgan fingerprint density at radius 2 is 1.74 bits per heavy atom. The van der Waals surface area contributed by atoms with Gasteiger partial charge in [-0.15, -0.1) is 0 Å². The molecule has 2 aromatic rings. The molecular formula is C20H23NO5S. The summed E-state index contributed by atoms with van der Waals surface area (Å²) in [6.07, 6.45) is 1.57. The maximum Gasteiger partial charge on any atom is 0.243 e. The first-order chi connectivity index (χ1) is 13.0. The van der Waals surface area contributed by atoms with Gasteiger partial charge in [-0.1, -0.05) is 17.7 Å². The third-order valence-electron chi connectivity index (χ3n) is 5.06. The van der Waals surface area contributed by atoms with Crippen molar-refractivity contribution in [2.45, 2.75) is 24.7 Å². The molecule has 2 aromatic carbocycles. The van der Waals surface area contributed by atoms with Crippen LogP contribution in [0.15, 0.2) is 47.4 Å². The normalized spacial score (nSPS) is 17.8. The van der Waals surface area contributed by atoms with Gasteiger partial charge in [-0.25, -0.2) is 8.42 Å². The van der Waals surface area contributed by atoms with Crippen molar-refractivity contribution in [1.29, 1.82) is 0 Å². The number of hydrogen-bond acceptors (Lipinski definition) is 5. The summed E-state index contributed by atoms with van der Waals surface area (Å²) in [7, 11) is -3.52. The van der Waals surface area contributed by atoms with Gasteiger partial charge in [-0.05, 0) is 49.9 Å². The van der Waals surface area contributed by atoms with Crippen molar-refractivity contribution in [2.24, 2.45) is 5.92 Å². The van der Waals surface area contributed by atoms with Crippen LogP contribution in [0.1, 0.15) is 18.4 Å². The van der Waals surface area contributed by atoms with Crippen LogP contribution in [0.5, 0.6) is 17.2 Å². The summed E-state index contributed by atoms with van der Waals surface area (Å²) in [5.41, 5.74) is 1.20. The number of benzene rings is 2. The second-order valence-corrected chi connectivity index (χ2v) is 8.92. The number of ether oxygens (including phenoxy) is 3. The minimum Gasteiger partial charge on any atom is -0.493 e. The summed E-state index contributed by atoms with van der Waals surface area (Å²) >= 11 is 0. The summed E-state index contributed by atoms with van der Waals surface area (Å²) in [5, 5.41) is 0. The molecule has 4 rings (SSSR count). The Kier molecular flexibility index (Phi) is 4.97. The minimum absolute atomic E-state index is 0.130. The largest absolute Gasteiger partial charge is 0.493 e. The van der Waals surface area contributed by atoms with Crippen molar-refractivity contribution in [3.05, 3.63) is 48.0 Å². The standard InChI is InChI=1S/C20H23NO5S/c1-15-2-4-17(5-3-15)24-13-16-8-10-21(11-9-16)27(22,23)18-6-7-19-20(12-18)26-14-25-19/h2-7,12,16H,8-11,13-14H2,1H3. The van der Waals surface area contributed by atoms with E-state index in [1.165, 1.54) is 5.56 Å². The van der Waals surface area contributed by atoms with Crippen LogP contribution >= 0.6 is 0 Å². The molecule has 0 saturated carbocycles. The highest BCUT2D eigenvalue weighted by Crippen LogP contribution is 2.35. The molecule has 0 radical (unpaired) electrons. The lowest BCUT2D eigenvalue weighted by Gasteiger charge is -2.31. The van der Waals surface area contributed by atoms with Gasteiger partial charge in [0.05, 0.1) is 11.5 Å². The average Bonchev–Trinajstić information content (AvgIpc) is 3.16. The molecule has 2 aliphatic heterocycles. The SMILES string of the molecule is Cc1ccc(OCC2CCN(S(=O)(=O)c3ccc4c(c3)OCO4)CC2)cc1. The number of fused-ring (bicyclic) bond motifs is 1. The lowest BCUT2D eigenvalue weighted by molar-refractivity contribution is 0.174. The van der Waals surface area contributed by atoms with E-state index in [1.54, 1.807) is 22.5 Å². The van der Waals surface area contributed by atoms with Crippen LogP contribution < -0.4 is 14.2 Å². The summed E-state index contributed by atoms with van der Waals surface area (Å²) in [4.78, 5) is 0.251. The highest BCUT2D eigenvalue weighted by molar-refractivity contribution is 7.89. The Hall–Kier alpha value is -2.25. The van der Waals surface area contributed by atoms with E-state index in [4.69, 9.17) is 14.2 Å². The number of rotatable bonds is 5. The van der Waals surface area contributed by atoms with E-state index in [0.29, 0.717) is 37.1 Å². The molecular weight excluding hydrogens is 366 g/mol. The molecule has 2 heterocycles. The first-order valence-corrected chi connectivity index (χ1v) is 10.6. The highest BCUT2D eigenvalue weighted by Gasteiger charge is 2.30. The van der Waals surface area contributed by atoms with Crippen molar-refractivity contribution in [3.63, 3.8) is 0 Å². The summed E-state index contributed by atoms with van der Waals surface area (Å²) in [6.45, 7) is 3.78. The van der Waals surface area contributed by atoms with E-state index >= 15 is 0 Å². The van der Waals surface area contributed by atoms with Gasteiger partial charge in [-0.2, -0.15) is 4.31 Å². The van der Waals surface area contributed by atoms with Crippen LogP contribution in [-0.2, 0) is 10.0 Å². The molecule has 27 heavy (non-hydrogen) atoms. The average molecular weight is 389 g/mol. The van der Waals surface area contributed by atoms with Crippen LogP contribution in [0, 0.1) is 12.8 Å². The van der Waals surface area contributed by atoms with Crippen LogP contribution in [0.2, 0.25) is 0 Å². The zero-order valence-corrected chi connectivity index (χ0v) is 16.1. The van der Waals surface area contributed by atoms with E-state index in [1.807, 2.05) is 31.2 Å². The van der Waals surface area contributed by atoms with Crippen molar-refractivity contribution in [3.8, 4) is 17.2 Å². The lowest BCUT2D eigenvalue weighted by Crippen LogP contribution is -2.39. The molecule has 0 N–H and O–H groups in total. The number of nitrogens with zero attached hydrogens (tertiary/aromatic N) is 1. The minimum atomic E-state index is -3.52. The number of aryl methyl sites for hydroxylation is 1. The van der Waals surface area contributed by atoms with Crippen LogP contribution in [0.3, 0.4) is 0 Å². The zero-order chi connectivity index (χ0) is 18.9. The van der Waals surface area contributed by atoms with E-state index < -0.39 is 10.0 Å². The third-order valence-corrected chi connectivity index (χ3v) is 6.96. The second kappa shape index (κ2) is 7.40. The fraction of sp³-hybridized carbons (Fsp3) is 0.400. The Morgan fingerprint density at radius 1 is 1.04 bits per heavy atom. The van der Waals surface area contributed by atoms with E-state index in [0.717, 1.165) is 18.6 Å². The Bertz CT molecular complexity index is 902. The molecule has 2 aliphatic rings. The quantitative estimate of drug-likeness (QED) is 0.786. The monoisotopic (exact) mass is 389 g/mol. The Labute approximate surface area is 159 Å². The second-order valence-electron chi connectivity index (χ2n) is 6.99. The molecule has 0 bridgehead atoms. The highest BCUT2D eigenvalue weighted by atomic mass is 32.2. The zero-order valence-electron chi connectivity index (χ0n) is 15.3. The molecule has 0 amide bonds. The molecule has 7 heteroatoms. The fourth-order valence-corrected chi connectivity index (χ4v) is 4.84. The van der Waals surface area contributed by atoms with Gasteiger partial charge < -0.3 is 14.2 Å².